The Bertz CT molecular complexity index is 534. The molecule has 0 aromatic rings. The molecule has 8 nitrogen and oxygen atoms in total. The van der Waals surface area contributed by atoms with Crippen molar-refractivity contribution in [3.05, 3.63) is 0 Å². The summed E-state index contributed by atoms with van der Waals surface area (Å²) in [5.41, 5.74) is 5.20. The van der Waals surface area contributed by atoms with Gasteiger partial charge >= 0.3 is 0 Å². The summed E-state index contributed by atoms with van der Waals surface area (Å²) in [5.74, 6) is -0.619. The maximum atomic E-state index is 12.1. The van der Waals surface area contributed by atoms with E-state index in [0.29, 0.717) is 31.0 Å². The summed E-state index contributed by atoms with van der Waals surface area (Å²) in [4.78, 5) is 12.1. The molecule has 0 aliphatic carbocycles. The van der Waals surface area contributed by atoms with E-state index in [2.05, 4.69) is 16.2 Å². The molecule has 2 fully saturated rings. The van der Waals surface area contributed by atoms with Crippen LogP contribution in [0.5, 0.6) is 0 Å². The maximum absolute atomic E-state index is 12.1. The van der Waals surface area contributed by atoms with Gasteiger partial charge in [0.2, 0.25) is 15.9 Å². The number of sulfonamides is 1. The van der Waals surface area contributed by atoms with Gasteiger partial charge in [-0.25, -0.2) is 12.7 Å². The molecule has 0 spiro atoms. The summed E-state index contributed by atoms with van der Waals surface area (Å²) in [6, 6.07) is 0. The molecule has 0 aromatic heterocycles. The summed E-state index contributed by atoms with van der Waals surface area (Å²) in [5, 5.41) is 3.31. The Labute approximate surface area is 142 Å². The SMILES string of the molecule is CS(=O)(=O)N1CCC[C@@H](C(=O)NNC(=S)NC[C@@H]2CCCO2)C1. The van der Waals surface area contributed by atoms with Crippen LogP contribution >= 0.6 is 12.2 Å². The molecule has 0 radical (unpaired) electrons. The van der Waals surface area contributed by atoms with Gasteiger partial charge in [0.05, 0.1) is 18.3 Å². The molecular formula is C13H24N4O4S2. The highest BCUT2D eigenvalue weighted by molar-refractivity contribution is 7.88. The van der Waals surface area contributed by atoms with Gasteiger partial charge in [-0.15, -0.1) is 0 Å². The number of piperidine rings is 1. The number of amides is 1. The predicted molar refractivity (Wildman–Crippen MR) is 90.0 cm³/mol. The van der Waals surface area contributed by atoms with Crippen molar-refractivity contribution in [2.24, 2.45) is 5.92 Å². The van der Waals surface area contributed by atoms with Crippen LogP contribution in [0.4, 0.5) is 0 Å². The second kappa shape index (κ2) is 8.22. The van der Waals surface area contributed by atoms with Crippen LogP contribution in [0, 0.1) is 5.92 Å². The number of nitrogens with one attached hydrogen (secondary N) is 3. The van der Waals surface area contributed by atoms with Crippen LogP contribution in [-0.4, -0.2) is 62.3 Å². The first-order chi connectivity index (χ1) is 10.9. The molecule has 0 unspecified atom stereocenters. The van der Waals surface area contributed by atoms with Crippen molar-refractivity contribution in [3.63, 3.8) is 0 Å². The van der Waals surface area contributed by atoms with E-state index in [0.717, 1.165) is 25.7 Å². The number of hydrogen-bond acceptors (Lipinski definition) is 5. The van der Waals surface area contributed by atoms with E-state index in [4.69, 9.17) is 17.0 Å². The average Bonchev–Trinajstić information content (AvgIpc) is 3.03. The molecule has 23 heavy (non-hydrogen) atoms. The standard InChI is InChI=1S/C13H24N4O4S2/c1-23(19,20)17-6-2-4-10(9-17)12(18)15-16-13(22)14-8-11-5-3-7-21-11/h10-11H,2-9H2,1H3,(H,15,18)(H2,14,16,22)/t10-,11+/m1/s1. The lowest BCUT2D eigenvalue weighted by atomic mass is 9.99. The van der Waals surface area contributed by atoms with Crippen LogP contribution in [-0.2, 0) is 19.6 Å². The van der Waals surface area contributed by atoms with Crippen molar-refractivity contribution in [1.82, 2.24) is 20.5 Å². The van der Waals surface area contributed by atoms with E-state index in [-0.39, 0.29) is 24.5 Å². The molecule has 0 saturated carbocycles. The van der Waals surface area contributed by atoms with E-state index in [9.17, 15) is 13.2 Å². The van der Waals surface area contributed by atoms with Crippen molar-refractivity contribution in [2.45, 2.75) is 31.8 Å². The van der Waals surface area contributed by atoms with Gasteiger partial charge in [0.15, 0.2) is 5.11 Å². The number of ether oxygens (including phenoxy) is 1. The summed E-state index contributed by atoms with van der Waals surface area (Å²) in [6.07, 6.45) is 4.72. The van der Waals surface area contributed by atoms with Crippen LogP contribution in [0.25, 0.3) is 0 Å². The highest BCUT2D eigenvalue weighted by atomic mass is 32.2. The van der Waals surface area contributed by atoms with Crippen molar-refractivity contribution in [3.8, 4) is 0 Å². The van der Waals surface area contributed by atoms with Crippen LogP contribution in [0.1, 0.15) is 25.7 Å². The van der Waals surface area contributed by atoms with Crippen LogP contribution in [0.2, 0.25) is 0 Å². The van der Waals surface area contributed by atoms with E-state index in [1.54, 1.807) is 0 Å². The first-order valence-corrected chi connectivity index (χ1v) is 10.0. The molecule has 2 rings (SSSR count). The Hall–Kier alpha value is -0.970. The van der Waals surface area contributed by atoms with E-state index in [1.165, 1.54) is 4.31 Å². The first kappa shape index (κ1) is 18.4. The lowest BCUT2D eigenvalue weighted by Crippen LogP contribution is -2.52. The normalized spacial score (nSPS) is 25.8. The topological polar surface area (TPSA) is 99.8 Å². The number of hydrogen-bond donors (Lipinski definition) is 3. The molecule has 1 amide bonds. The van der Waals surface area contributed by atoms with E-state index >= 15 is 0 Å². The third-order valence-electron chi connectivity index (χ3n) is 4.04. The van der Waals surface area contributed by atoms with Crippen molar-refractivity contribution < 1.29 is 17.9 Å². The number of carbonyl (C=O) groups excluding carboxylic acids is 1. The van der Waals surface area contributed by atoms with Crippen molar-refractivity contribution in [2.75, 3.05) is 32.5 Å². The zero-order chi connectivity index (χ0) is 16.9. The molecule has 2 saturated heterocycles. The first-order valence-electron chi connectivity index (χ1n) is 7.76. The molecule has 2 heterocycles. The molecular weight excluding hydrogens is 340 g/mol. The second-order valence-electron chi connectivity index (χ2n) is 5.92. The zero-order valence-corrected chi connectivity index (χ0v) is 14.8. The minimum atomic E-state index is -3.26. The van der Waals surface area contributed by atoms with Gasteiger partial charge in [-0.05, 0) is 37.9 Å². The molecule has 132 valence electrons. The highest BCUT2D eigenvalue weighted by Crippen LogP contribution is 2.18. The second-order valence-corrected chi connectivity index (χ2v) is 8.31. The highest BCUT2D eigenvalue weighted by Gasteiger charge is 2.30. The summed E-state index contributed by atoms with van der Waals surface area (Å²) in [6.45, 7) is 2.06. The smallest absolute Gasteiger partial charge is 0.242 e. The third-order valence-corrected chi connectivity index (χ3v) is 5.55. The average molecular weight is 364 g/mol. The quantitative estimate of drug-likeness (QED) is 0.449. The predicted octanol–water partition coefficient (Wildman–Crippen LogP) is -0.668. The van der Waals surface area contributed by atoms with Crippen molar-refractivity contribution in [1.29, 1.82) is 0 Å². The van der Waals surface area contributed by atoms with E-state index in [1.807, 2.05) is 0 Å². The molecule has 0 bridgehead atoms. The fraction of sp³-hybridized carbons (Fsp3) is 0.846. The molecule has 2 aliphatic heterocycles. The number of thiocarbonyl (C=S) groups is 1. The van der Waals surface area contributed by atoms with Gasteiger partial charge in [-0.1, -0.05) is 0 Å². The lowest BCUT2D eigenvalue weighted by Gasteiger charge is -2.30. The Balaban J connectivity index is 1.70. The molecule has 3 N–H and O–H groups in total. The molecule has 10 heteroatoms. The number of hydrazine groups is 1. The van der Waals surface area contributed by atoms with E-state index < -0.39 is 10.0 Å². The Kier molecular flexibility index (Phi) is 6.57. The fourth-order valence-corrected chi connectivity index (χ4v) is 3.78. The van der Waals surface area contributed by atoms with Gasteiger partial charge in [0.25, 0.3) is 0 Å². The lowest BCUT2D eigenvalue weighted by molar-refractivity contribution is -0.126. The molecule has 2 aliphatic rings. The molecule has 0 aromatic carbocycles. The van der Waals surface area contributed by atoms with Crippen molar-refractivity contribution >= 4 is 33.3 Å². The molecule has 2 atom stereocenters. The Morgan fingerprint density at radius 2 is 2.09 bits per heavy atom. The van der Waals surface area contributed by atoms with Crippen LogP contribution in [0.3, 0.4) is 0 Å². The van der Waals surface area contributed by atoms with Gasteiger partial charge in [-0.3, -0.25) is 15.6 Å². The fourth-order valence-electron chi connectivity index (χ4n) is 2.73. The van der Waals surface area contributed by atoms with Gasteiger partial charge in [0.1, 0.15) is 0 Å². The van der Waals surface area contributed by atoms with Crippen LogP contribution < -0.4 is 16.2 Å². The monoisotopic (exact) mass is 364 g/mol. The minimum Gasteiger partial charge on any atom is -0.376 e. The van der Waals surface area contributed by atoms with Crippen LogP contribution in [0.15, 0.2) is 0 Å². The Morgan fingerprint density at radius 1 is 1.30 bits per heavy atom. The number of rotatable bonds is 4. The maximum Gasteiger partial charge on any atom is 0.242 e. The zero-order valence-electron chi connectivity index (χ0n) is 13.2. The minimum absolute atomic E-state index is 0.159. The van der Waals surface area contributed by atoms with Gasteiger partial charge in [-0.2, -0.15) is 0 Å². The number of nitrogens with zero attached hydrogens (tertiary/aromatic N) is 1. The summed E-state index contributed by atoms with van der Waals surface area (Å²) >= 11 is 5.09. The largest absolute Gasteiger partial charge is 0.376 e. The number of carbonyl (C=O) groups is 1. The van der Waals surface area contributed by atoms with Gasteiger partial charge < -0.3 is 10.1 Å². The summed E-state index contributed by atoms with van der Waals surface area (Å²) in [7, 11) is -3.26. The third kappa shape index (κ3) is 5.87. The Morgan fingerprint density at radius 3 is 2.74 bits per heavy atom. The van der Waals surface area contributed by atoms with Gasteiger partial charge in [0, 0.05) is 26.2 Å². The summed E-state index contributed by atoms with van der Waals surface area (Å²) < 4.78 is 29.9.